The van der Waals surface area contributed by atoms with E-state index in [2.05, 4.69) is 5.32 Å². The van der Waals surface area contributed by atoms with Gasteiger partial charge in [0, 0.05) is 23.1 Å². The molecule has 2 aromatic rings. The molecule has 0 bridgehead atoms. The fraction of sp³-hybridized carbons (Fsp3) is 0.278. The molecule has 5 nitrogen and oxygen atoms in total. The third-order valence-corrected chi connectivity index (χ3v) is 4.44. The Morgan fingerprint density at radius 1 is 1.17 bits per heavy atom. The number of anilines is 1. The lowest BCUT2D eigenvalue weighted by Gasteiger charge is -2.09. The van der Waals surface area contributed by atoms with E-state index in [1.54, 1.807) is 13.2 Å². The molecule has 1 amide bonds. The van der Waals surface area contributed by atoms with Crippen molar-refractivity contribution < 1.29 is 19.0 Å². The Bertz CT molecular complexity index is 720. The minimum atomic E-state index is -0.0691. The van der Waals surface area contributed by atoms with Crippen LogP contribution in [0.2, 0.25) is 0 Å². The van der Waals surface area contributed by atoms with Crippen LogP contribution in [0.1, 0.15) is 6.42 Å². The summed E-state index contributed by atoms with van der Waals surface area (Å²) in [6.45, 7) is 1.32. The molecule has 126 valence electrons. The largest absolute Gasteiger partial charge is 0.497 e. The van der Waals surface area contributed by atoms with Crippen LogP contribution < -0.4 is 19.5 Å². The van der Waals surface area contributed by atoms with Gasteiger partial charge < -0.3 is 19.5 Å². The lowest BCUT2D eigenvalue weighted by atomic mass is 10.3. The van der Waals surface area contributed by atoms with Crippen molar-refractivity contribution in [2.75, 3.05) is 31.4 Å². The zero-order valence-corrected chi connectivity index (χ0v) is 14.2. The molecule has 2 aromatic carbocycles. The minimum Gasteiger partial charge on any atom is -0.497 e. The molecule has 1 aliphatic heterocycles. The van der Waals surface area contributed by atoms with Gasteiger partial charge >= 0.3 is 0 Å². The van der Waals surface area contributed by atoms with Crippen LogP contribution in [0.5, 0.6) is 17.2 Å². The Morgan fingerprint density at radius 3 is 2.83 bits per heavy atom. The maximum atomic E-state index is 12.1. The van der Waals surface area contributed by atoms with Crippen molar-refractivity contribution in [3.8, 4) is 17.2 Å². The van der Waals surface area contributed by atoms with Gasteiger partial charge in [-0.1, -0.05) is 6.07 Å². The van der Waals surface area contributed by atoms with E-state index in [-0.39, 0.29) is 5.91 Å². The van der Waals surface area contributed by atoms with Crippen molar-refractivity contribution in [2.45, 2.75) is 11.3 Å². The van der Waals surface area contributed by atoms with Crippen molar-refractivity contribution in [2.24, 2.45) is 0 Å². The predicted molar refractivity (Wildman–Crippen MR) is 94.4 cm³/mol. The van der Waals surface area contributed by atoms with E-state index in [1.165, 1.54) is 11.8 Å². The first kappa shape index (κ1) is 16.5. The zero-order valence-electron chi connectivity index (χ0n) is 13.4. The number of fused-ring (bicyclic) bond motifs is 1. The highest BCUT2D eigenvalue weighted by molar-refractivity contribution is 8.00. The fourth-order valence-electron chi connectivity index (χ4n) is 2.28. The molecule has 0 unspecified atom stereocenters. The average Bonchev–Trinajstić information content (AvgIpc) is 2.85. The van der Waals surface area contributed by atoms with Gasteiger partial charge in [0.25, 0.3) is 0 Å². The summed E-state index contributed by atoms with van der Waals surface area (Å²) < 4.78 is 16.4. The Kier molecular flexibility index (Phi) is 5.48. The van der Waals surface area contributed by atoms with Crippen LogP contribution in [0.25, 0.3) is 0 Å². The SMILES string of the molecule is COc1cccc(NC(=O)CSc2ccc3c(c2)OCCCO3)c1. The van der Waals surface area contributed by atoms with E-state index in [1.807, 2.05) is 36.4 Å². The molecule has 0 spiro atoms. The van der Waals surface area contributed by atoms with Gasteiger partial charge in [-0.25, -0.2) is 0 Å². The van der Waals surface area contributed by atoms with E-state index >= 15 is 0 Å². The average molecular weight is 345 g/mol. The monoisotopic (exact) mass is 345 g/mol. The summed E-state index contributed by atoms with van der Waals surface area (Å²) in [6.07, 6.45) is 0.875. The van der Waals surface area contributed by atoms with E-state index in [0.717, 1.165) is 28.5 Å². The number of carbonyl (C=O) groups excluding carboxylic acids is 1. The van der Waals surface area contributed by atoms with Crippen LogP contribution in [0, 0.1) is 0 Å². The Morgan fingerprint density at radius 2 is 2.00 bits per heavy atom. The molecule has 0 fully saturated rings. The molecule has 3 rings (SSSR count). The van der Waals surface area contributed by atoms with E-state index in [9.17, 15) is 4.79 Å². The molecular formula is C18H19NO4S. The van der Waals surface area contributed by atoms with Gasteiger partial charge in [-0.05, 0) is 30.3 Å². The number of benzene rings is 2. The molecule has 0 atom stereocenters. The first-order valence-corrected chi connectivity index (χ1v) is 8.69. The number of hydrogen-bond acceptors (Lipinski definition) is 5. The number of carbonyl (C=O) groups is 1. The third kappa shape index (κ3) is 4.35. The summed E-state index contributed by atoms with van der Waals surface area (Å²) in [6, 6.07) is 13.0. The number of ether oxygens (including phenoxy) is 3. The van der Waals surface area contributed by atoms with Gasteiger partial charge in [-0.2, -0.15) is 0 Å². The molecule has 1 aliphatic rings. The molecule has 6 heteroatoms. The second kappa shape index (κ2) is 7.97. The minimum absolute atomic E-state index is 0.0691. The molecule has 0 saturated carbocycles. The number of amides is 1. The highest BCUT2D eigenvalue weighted by Crippen LogP contribution is 2.33. The standard InChI is InChI=1S/C18H19NO4S/c1-21-14-5-2-4-13(10-14)19-18(20)12-24-15-6-7-16-17(11-15)23-9-3-8-22-16/h2,4-7,10-11H,3,8-9,12H2,1H3,(H,19,20). The molecule has 0 aromatic heterocycles. The normalized spacial score (nSPS) is 13.0. The summed E-state index contributed by atoms with van der Waals surface area (Å²) in [7, 11) is 1.60. The van der Waals surface area contributed by atoms with Crippen LogP contribution in [0.3, 0.4) is 0 Å². The lowest BCUT2D eigenvalue weighted by molar-refractivity contribution is -0.113. The van der Waals surface area contributed by atoms with Crippen LogP contribution >= 0.6 is 11.8 Å². The third-order valence-electron chi connectivity index (χ3n) is 3.44. The van der Waals surface area contributed by atoms with Gasteiger partial charge in [-0.3, -0.25) is 4.79 Å². The first-order valence-electron chi connectivity index (χ1n) is 7.71. The molecule has 1 N–H and O–H groups in total. The first-order chi connectivity index (χ1) is 11.7. The van der Waals surface area contributed by atoms with Crippen LogP contribution in [0.15, 0.2) is 47.4 Å². The van der Waals surface area contributed by atoms with Gasteiger partial charge in [-0.15, -0.1) is 11.8 Å². The fourth-order valence-corrected chi connectivity index (χ4v) is 3.00. The maximum Gasteiger partial charge on any atom is 0.234 e. The van der Waals surface area contributed by atoms with E-state index in [0.29, 0.717) is 24.7 Å². The number of methoxy groups -OCH3 is 1. The highest BCUT2D eigenvalue weighted by atomic mass is 32.2. The topological polar surface area (TPSA) is 56.8 Å². The number of nitrogens with one attached hydrogen (secondary N) is 1. The van der Waals surface area contributed by atoms with Crippen LogP contribution in [0.4, 0.5) is 5.69 Å². The lowest BCUT2D eigenvalue weighted by Crippen LogP contribution is -2.13. The van der Waals surface area contributed by atoms with Crippen LogP contribution in [-0.2, 0) is 4.79 Å². The summed E-state index contributed by atoms with van der Waals surface area (Å²) in [5, 5.41) is 2.86. The molecular weight excluding hydrogens is 326 g/mol. The summed E-state index contributed by atoms with van der Waals surface area (Å²) >= 11 is 1.46. The second-order valence-corrected chi connectivity index (χ2v) is 6.28. The quantitative estimate of drug-likeness (QED) is 0.839. The number of thioether (sulfide) groups is 1. The zero-order chi connectivity index (χ0) is 16.8. The van der Waals surface area contributed by atoms with Crippen molar-refractivity contribution in [1.29, 1.82) is 0 Å². The van der Waals surface area contributed by atoms with Gasteiger partial charge in [0.2, 0.25) is 5.91 Å². The molecule has 0 radical (unpaired) electrons. The predicted octanol–water partition coefficient (Wildman–Crippen LogP) is 3.59. The van der Waals surface area contributed by atoms with Gasteiger partial charge in [0.15, 0.2) is 11.5 Å². The highest BCUT2D eigenvalue weighted by Gasteiger charge is 2.12. The smallest absolute Gasteiger partial charge is 0.234 e. The summed E-state index contributed by atoms with van der Waals surface area (Å²) in [5.41, 5.74) is 0.721. The van der Waals surface area contributed by atoms with Crippen molar-refractivity contribution in [3.05, 3.63) is 42.5 Å². The number of hydrogen-bond donors (Lipinski definition) is 1. The van der Waals surface area contributed by atoms with Crippen molar-refractivity contribution >= 4 is 23.4 Å². The molecule has 0 saturated heterocycles. The molecule has 0 aliphatic carbocycles. The second-order valence-electron chi connectivity index (χ2n) is 5.23. The van der Waals surface area contributed by atoms with Crippen LogP contribution in [-0.4, -0.2) is 32.0 Å². The van der Waals surface area contributed by atoms with E-state index < -0.39 is 0 Å². The number of rotatable bonds is 5. The Hall–Kier alpha value is -2.34. The Labute approximate surface area is 145 Å². The summed E-state index contributed by atoms with van der Waals surface area (Å²) in [5.74, 6) is 2.46. The molecule has 1 heterocycles. The molecule has 24 heavy (non-hydrogen) atoms. The maximum absolute atomic E-state index is 12.1. The van der Waals surface area contributed by atoms with Crippen molar-refractivity contribution in [3.63, 3.8) is 0 Å². The van der Waals surface area contributed by atoms with Gasteiger partial charge in [0.1, 0.15) is 5.75 Å². The van der Waals surface area contributed by atoms with Gasteiger partial charge in [0.05, 0.1) is 26.1 Å². The Balaban J connectivity index is 1.57. The summed E-state index contributed by atoms with van der Waals surface area (Å²) in [4.78, 5) is 13.1. The van der Waals surface area contributed by atoms with E-state index in [4.69, 9.17) is 14.2 Å². The van der Waals surface area contributed by atoms with Crippen molar-refractivity contribution in [1.82, 2.24) is 0 Å².